The van der Waals surface area contributed by atoms with E-state index in [9.17, 15) is 4.79 Å². The third kappa shape index (κ3) is 4.86. The number of ether oxygens (including phenoxy) is 1. The molecular formula is C15H21ClN2O2S. The first kappa shape index (κ1) is 17.7. The average Bonchev–Trinajstić information content (AvgIpc) is 2.37. The fraction of sp³-hybridized carbons (Fsp3) is 0.467. The van der Waals surface area contributed by atoms with Crippen molar-refractivity contribution in [2.24, 2.45) is 5.73 Å². The number of nitrogens with two attached hydrogens (primary N) is 1. The average molecular weight is 329 g/mol. The Bertz CT molecular complexity index is 546. The number of amides is 1. The maximum absolute atomic E-state index is 12.2. The van der Waals surface area contributed by atoms with Crippen molar-refractivity contribution in [3.05, 3.63) is 28.8 Å². The Balaban J connectivity index is 2.89. The van der Waals surface area contributed by atoms with Gasteiger partial charge in [0.15, 0.2) is 6.10 Å². The molecule has 0 spiro atoms. The predicted molar refractivity (Wildman–Crippen MR) is 89.9 cm³/mol. The van der Waals surface area contributed by atoms with E-state index in [0.717, 1.165) is 6.42 Å². The van der Waals surface area contributed by atoms with Gasteiger partial charge in [-0.2, -0.15) is 0 Å². The fourth-order valence-electron chi connectivity index (χ4n) is 1.61. The molecule has 0 heterocycles. The van der Waals surface area contributed by atoms with Crippen LogP contribution in [0.2, 0.25) is 5.02 Å². The van der Waals surface area contributed by atoms with E-state index in [-0.39, 0.29) is 16.4 Å². The summed E-state index contributed by atoms with van der Waals surface area (Å²) < 4.78 is 5.68. The largest absolute Gasteiger partial charge is 0.480 e. The van der Waals surface area contributed by atoms with Crippen molar-refractivity contribution in [1.29, 1.82) is 0 Å². The lowest BCUT2D eigenvalue weighted by Gasteiger charge is -2.27. The maximum atomic E-state index is 12.2. The molecule has 0 radical (unpaired) electrons. The minimum absolute atomic E-state index is 0.136. The van der Waals surface area contributed by atoms with Gasteiger partial charge in [-0.3, -0.25) is 4.79 Å². The lowest BCUT2D eigenvalue weighted by Crippen LogP contribution is -2.48. The summed E-state index contributed by atoms with van der Waals surface area (Å²) in [5.74, 6) is 0.211. The number of thiocarbonyl (C=S) groups is 1. The van der Waals surface area contributed by atoms with E-state index in [4.69, 9.17) is 34.3 Å². The highest BCUT2D eigenvalue weighted by molar-refractivity contribution is 7.80. The van der Waals surface area contributed by atoms with Crippen LogP contribution < -0.4 is 15.8 Å². The fourth-order valence-corrected chi connectivity index (χ4v) is 2.14. The van der Waals surface area contributed by atoms with Crippen LogP contribution in [0.4, 0.5) is 0 Å². The molecule has 0 aliphatic heterocycles. The second-order valence-corrected chi connectivity index (χ2v) is 6.31. The predicted octanol–water partition coefficient (Wildman–Crippen LogP) is 3.05. The van der Waals surface area contributed by atoms with Crippen LogP contribution in [0, 0.1) is 0 Å². The highest BCUT2D eigenvalue weighted by Gasteiger charge is 2.24. The molecule has 1 atom stereocenters. The highest BCUT2D eigenvalue weighted by atomic mass is 35.5. The molecular weight excluding hydrogens is 308 g/mol. The van der Waals surface area contributed by atoms with Crippen LogP contribution >= 0.6 is 23.8 Å². The molecule has 1 unspecified atom stereocenters. The summed E-state index contributed by atoms with van der Waals surface area (Å²) in [4.78, 5) is 12.3. The monoisotopic (exact) mass is 328 g/mol. The maximum Gasteiger partial charge on any atom is 0.261 e. The smallest absolute Gasteiger partial charge is 0.261 e. The molecule has 0 aliphatic carbocycles. The van der Waals surface area contributed by atoms with Gasteiger partial charge in [-0.25, -0.2) is 0 Å². The number of nitrogens with one attached hydrogen (secondary N) is 1. The third-order valence-corrected chi connectivity index (χ3v) is 3.76. The van der Waals surface area contributed by atoms with Gasteiger partial charge in [0.2, 0.25) is 0 Å². The number of benzene rings is 1. The molecule has 0 saturated carbocycles. The molecule has 1 aromatic rings. The Morgan fingerprint density at radius 2 is 2.14 bits per heavy atom. The van der Waals surface area contributed by atoms with E-state index in [0.29, 0.717) is 16.3 Å². The van der Waals surface area contributed by atoms with Crippen LogP contribution in [0.1, 0.15) is 39.7 Å². The van der Waals surface area contributed by atoms with Gasteiger partial charge in [0.25, 0.3) is 5.91 Å². The molecule has 1 amide bonds. The van der Waals surface area contributed by atoms with Crippen molar-refractivity contribution in [3.63, 3.8) is 0 Å². The first-order chi connectivity index (χ1) is 9.68. The zero-order valence-corrected chi connectivity index (χ0v) is 14.3. The van der Waals surface area contributed by atoms with E-state index >= 15 is 0 Å². The number of carbonyl (C=O) groups excluding carboxylic acids is 1. The van der Waals surface area contributed by atoms with Gasteiger partial charge in [-0.15, -0.1) is 0 Å². The van der Waals surface area contributed by atoms with Gasteiger partial charge in [0.1, 0.15) is 10.7 Å². The van der Waals surface area contributed by atoms with Crippen LogP contribution in [-0.2, 0) is 4.79 Å². The standard InChI is InChI=1S/C15H21ClN2O2S/c1-5-15(3,4)18-14(19)9(2)20-11-8-6-7-10(16)12(11)13(17)21/h6-9H,5H2,1-4H3,(H2,17,21)(H,18,19). The molecule has 4 nitrogen and oxygen atoms in total. The normalized spacial score (nSPS) is 12.6. The molecule has 3 N–H and O–H groups in total. The van der Waals surface area contributed by atoms with E-state index in [1.165, 1.54) is 0 Å². The van der Waals surface area contributed by atoms with Gasteiger partial charge in [0.05, 0.1) is 10.6 Å². The van der Waals surface area contributed by atoms with E-state index in [1.807, 2.05) is 20.8 Å². The summed E-state index contributed by atoms with van der Waals surface area (Å²) in [6, 6.07) is 5.09. The molecule has 0 aromatic heterocycles. The van der Waals surface area contributed by atoms with Gasteiger partial charge in [0, 0.05) is 5.54 Å². The van der Waals surface area contributed by atoms with Crippen molar-refractivity contribution >= 4 is 34.7 Å². The number of hydrogen-bond acceptors (Lipinski definition) is 3. The molecule has 21 heavy (non-hydrogen) atoms. The second-order valence-electron chi connectivity index (χ2n) is 5.46. The van der Waals surface area contributed by atoms with Gasteiger partial charge >= 0.3 is 0 Å². The van der Waals surface area contributed by atoms with Crippen LogP contribution in [0.15, 0.2) is 18.2 Å². The summed E-state index contributed by atoms with van der Waals surface area (Å²) in [6.45, 7) is 7.59. The van der Waals surface area contributed by atoms with Gasteiger partial charge in [-0.05, 0) is 39.3 Å². The number of rotatable bonds is 6. The van der Waals surface area contributed by atoms with Crippen molar-refractivity contribution < 1.29 is 9.53 Å². The number of halogens is 1. The molecule has 0 bridgehead atoms. The Morgan fingerprint density at radius 1 is 1.52 bits per heavy atom. The second kappa shape index (κ2) is 7.09. The lowest BCUT2D eigenvalue weighted by atomic mass is 10.0. The molecule has 6 heteroatoms. The molecule has 0 aliphatic rings. The minimum Gasteiger partial charge on any atom is -0.480 e. The van der Waals surface area contributed by atoms with Gasteiger partial charge in [-0.1, -0.05) is 36.8 Å². The highest BCUT2D eigenvalue weighted by Crippen LogP contribution is 2.27. The van der Waals surface area contributed by atoms with Crippen LogP contribution in [0.25, 0.3) is 0 Å². The summed E-state index contributed by atoms with van der Waals surface area (Å²) in [6.07, 6.45) is 0.142. The SMILES string of the molecule is CCC(C)(C)NC(=O)C(C)Oc1cccc(Cl)c1C(N)=S. The zero-order valence-electron chi connectivity index (χ0n) is 12.7. The van der Waals surface area contributed by atoms with E-state index in [2.05, 4.69) is 5.32 Å². The Hall–Kier alpha value is -1.33. The van der Waals surface area contributed by atoms with Gasteiger partial charge < -0.3 is 15.8 Å². The van der Waals surface area contributed by atoms with E-state index < -0.39 is 6.10 Å². The Kier molecular flexibility index (Phi) is 5.98. The Morgan fingerprint density at radius 3 is 2.67 bits per heavy atom. The topological polar surface area (TPSA) is 64.3 Å². The molecule has 0 fully saturated rings. The van der Waals surface area contributed by atoms with Crippen LogP contribution in [-0.4, -0.2) is 22.5 Å². The van der Waals surface area contributed by atoms with Crippen molar-refractivity contribution in [3.8, 4) is 5.75 Å². The number of hydrogen-bond donors (Lipinski definition) is 2. The first-order valence-corrected chi connectivity index (χ1v) is 7.53. The quantitative estimate of drug-likeness (QED) is 0.788. The molecule has 116 valence electrons. The van der Waals surface area contributed by atoms with E-state index in [1.54, 1.807) is 25.1 Å². The van der Waals surface area contributed by atoms with Crippen molar-refractivity contribution in [2.45, 2.75) is 45.8 Å². The summed E-state index contributed by atoms with van der Waals surface area (Å²) in [7, 11) is 0. The Labute approximate surface area is 136 Å². The third-order valence-electron chi connectivity index (χ3n) is 3.24. The zero-order chi connectivity index (χ0) is 16.2. The summed E-state index contributed by atoms with van der Waals surface area (Å²) in [5, 5.41) is 3.33. The van der Waals surface area contributed by atoms with Crippen LogP contribution in [0.5, 0.6) is 5.75 Å². The van der Waals surface area contributed by atoms with Crippen molar-refractivity contribution in [1.82, 2.24) is 5.32 Å². The van der Waals surface area contributed by atoms with Crippen LogP contribution in [0.3, 0.4) is 0 Å². The summed E-state index contributed by atoms with van der Waals surface area (Å²) in [5.41, 5.74) is 5.82. The molecule has 1 rings (SSSR count). The molecule has 1 aromatic carbocycles. The lowest BCUT2D eigenvalue weighted by molar-refractivity contribution is -0.128. The first-order valence-electron chi connectivity index (χ1n) is 6.75. The number of carbonyl (C=O) groups is 1. The summed E-state index contributed by atoms with van der Waals surface area (Å²) >= 11 is 11.0. The molecule has 0 saturated heterocycles. The minimum atomic E-state index is -0.678. The van der Waals surface area contributed by atoms with Crippen molar-refractivity contribution in [2.75, 3.05) is 0 Å².